The second-order valence-corrected chi connectivity index (χ2v) is 4.89. The zero-order valence-corrected chi connectivity index (χ0v) is 11.6. The van der Waals surface area contributed by atoms with Crippen LogP contribution in [0.15, 0.2) is 18.2 Å². The first-order valence-electron chi connectivity index (χ1n) is 6.72. The van der Waals surface area contributed by atoms with Gasteiger partial charge in [0.2, 0.25) is 0 Å². The van der Waals surface area contributed by atoms with E-state index in [1.165, 1.54) is 5.56 Å². The molecule has 0 aromatic heterocycles. The average molecular weight is 259 g/mol. The Kier molecular flexibility index (Phi) is 4.78. The minimum absolute atomic E-state index is 0.191. The number of rotatable bonds is 4. The van der Waals surface area contributed by atoms with Crippen LogP contribution in [0, 0.1) is 18.3 Å². The van der Waals surface area contributed by atoms with Crippen molar-refractivity contribution >= 4 is 0 Å². The number of nitriles is 1. The molecule has 4 nitrogen and oxygen atoms in total. The molecule has 1 atom stereocenters. The van der Waals surface area contributed by atoms with E-state index in [0.717, 1.165) is 37.5 Å². The number of benzene rings is 1. The summed E-state index contributed by atoms with van der Waals surface area (Å²) < 4.78 is 5.30. The van der Waals surface area contributed by atoms with Crippen molar-refractivity contribution in [1.82, 2.24) is 10.2 Å². The van der Waals surface area contributed by atoms with E-state index in [9.17, 15) is 0 Å². The molecule has 1 N–H and O–H groups in total. The molecule has 0 saturated carbocycles. The molecule has 0 radical (unpaired) electrons. The number of nitrogens with one attached hydrogen (secondary N) is 1. The second kappa shape index (κ2) is 6.55. The Morgan fingerprint density at radius 2 is 2.16 bits per heavy atom. The zero-order valence-electron chi connectivity index (χ0n) is 11.6. The van der Waals surface area contributed by atoms with E-state index < -0.39 is 0 Å². The summed E-state index contributed by atoms with van der Waals surface area (Å²) >= 11 is 0. The molecule has 1 saturated heterocycles. The van der Waals surface area contributed by atoms with Crippen LogP contribution >= 0.6 is 0 Å². The molecule has 102 valence electrons. The fourth-order valence-electron chi connectivity index (χ4n) is 2.65. The molecule has 2 rings (SSSR count). The molecular weight excluding hydrogens is 238 g/mol. The molecule has 1 aromatic carbocycles. The summed E-state index contributed by atoms with van der Waals surface area (Å²) in [6, 6.07) is 8.73. The maximum atomic E-state index is 9.08. The number of nitrogens with zero attached hydrogens (tertiary/aromatic N) is 2. The lowest BCUT2D eigenvalue weighted by Crippen LogP contribution is -2.45. The van der Waals surface area contributed by atoms with Gasteiger partial charge in [-0.1, -0.05) is 12.1 Å². The van der Waals surface area contributed by atoms with Gasteiger partial charge in [0.25, 0.3) is 0 Å². The van der Waals surface area contributed by atoms with Crippen molar-refractivity contribution in [3.05, 3.63) is 29.3 Å². The van der Waals surface area contributed by atoms with Crippen LogP contribution in [0.1, 0.15) is 23.6 Å². The molecule has 0 spiro atoms. The molecular formula is C15H21N3O. The topological polar surface area (TPSA) is 48.3 Å². The summed E-state index contributed by atoms with van der Waals surface area (Å²) in [7, 11) is 1.69. The van der Waals surface area contributed by atoms with Gasteiger partial charge in [-0.25, -0.2) is 0 Å². The zero-order chi connectivity index (χ0) is 13.7. The Bertz CT molecular complexity index is 461. The van der Waals surface area contributed by atoms with E-state index in [2.05, 4.69) is 28.4 Å². The quantitative estimate of drug-likeness (QED) is 0.896. The monoisotopic (exact) mass is 259 g/mol. The molecule has 0 bridgehead atoms. The Morgan fingerprint density at radius 3 is 2.74 bits per heavy atom. The number of methoxy groups -OCH3 is 1. The summed E-state index contributed by atoms with van der Waals surface area (Å²) in [6.45, 7) is 6.03. The van der Waals surface area contributed by atoms with Crippen LogP contribution in [-0.2, 0) is 0 Å². The van der Waals surface area contributed by atoms with E-state index in [1.807, 2.05) is 13.0 Å². The summed E-state index contributed by atoms with van der Waals surface area (Å²) in [5.41, 5.74) is 2.33. The third-order valence-electron chi connectivity index (χ3n) is 3.68. The molecule has 0 amide bonds. The highest BCUT2D eigenvalue weighted by Gasteiger charge is 2.22. The van der Waals surface area contributed by atoms with Crippen molar-refractivity contribution in [2.45, 2.75) is 19.4 Å². The summed E-state index contributed by atoms with van der Waals surface area (Å²) in [5.74, 6) is 0.903. The molecule has 0 aliphatic carbocycles. The maximum absolute atomic E-state index is 9.08. The molecule has 1 fully saturated rings. The van der Waals surface area contributed by atoms with E-state index in [1.54, 1.807) is 7.11 Å². The normalized spacial score (nSPS) is 17.7. The van der Waals surface area contributed by atoms with Gasteiger partial charge >= 0.3 is 0 Å². The summed E-state index contributed by atoms with van der Waals surface area (Å²) in [6.07, 6.45) is 0.534. The van der Waals surface area contributed by atoms with Crippen LogP contribution < -0.4 is 10.1 Å². The second-order valence-electron chi connectivity index (χ2n) is 4.89. The van der Waals surface area contributed by atoms with Gasteiger partial charge in [-0.2, -0.15) is 5.26 Å². The van der Waals surface area contributed by atoms with Crippen molar-refractivity contribution in [2.75, 3.05) is 33.3 Å². The number of hydrogen-bond acceptors (Lipinski definition) is 4. The van der Waals surface area contributed by atoms with Crippen LogP contribution in [0.3, 0.4) is 0 Å². The van der Waals surface area contributed by atoms with Crippen LogP contribution in [-0.4, -0.2) is 38.2 Å². The van der Waals surface area contributed by atoms with Crippen molar-refractivity contribution in [3.63, 3.8) is 0 Å². The standard InChI is InChI=1S/C15H21N3O/c1-12-11-13(3-4-15(12)19-2)14(5-6-16)18-9-7-17-8-10-18/h3-4,11,14,17H,5,7-10H2,1-2H3/t14-/m0/s1. The smallest absolute Gasteiger partial charge is 0.121 e. The summed E-state index contributed by atoms with van der Waals surface area (Å²) in [4.78, 5) is 2.39. The fourth-order valence-corrected chi connectivity index (χ4v) is 2.65. The lowest BCUT2D eigenvalue weighted by Gasteiger charge is -2.34. The van der Waals surface area contributed by atoms with Crippen LogP contribution in [0.5, 0.6) is 5.75 Å². The van der Waals surface area contributed by atoms with Gasteiger partial charge in [-0.05, 0) is 24.1 Å². The number of ether oxygens (including phenoxy) is 1. The Morgan fingerprint density at radius 1 is 1.42 bits per heavy atom. The van der Waals surface area contributed by atoms with Crippen LogP contribution in [0.2, 0.25) is 0 Å². The third kappa shape index (κ3) is 3.25. The molecule has 1 heterocycles. The van der Waals surface area contributed by atoms with Crippen molar-refractivity contribution in [1.29, 1.82) is 5.26 Å². The van der Waals surface area contributed by atoms with E-state index in [4.69, 9.17) is 10.00 Å². The predicted octanol–water partition coefficient (Wildman–Crippen LogP) is 1.86. The molecule has 1 aliphatic heterocycles. The van der Waals surface area contributed by atoms with Crippen molar-refractivity contribution < 1.29 is 4.74 Å². The predicted molar refractivity (Wildman–Crippen MR) is 75.1 cm³/mol. The largest absolute Gasteiger partial charge is 0.496 e. The minimum Gasteiger partial charge on any atom is -0.496 e. The van der Waals surface area contributed by atoms with Gasteiger partial charge in [0.1, 0.15) is 5.75 Å². The molecule has 1 aliphatic rings. The van der Waals surface area contributed by atoms with Gasteiger partial charge in [-0.15, -0.1) is 0 Å². The van der Waals surface area contributed by atoms with Crippen LogP contribution in [0.25, 0.3) is 0 Å². The minimum atomic E-state index is 0.191. The Balaban J connectivity index is 2.23. The van der Waals surface area contributed by atoms with Gasteiger partial charge in [-0.3, -0.25) is 4.90 Å². The third-order valence-corrected chi connectivity index (χ3v) is 3.68. The van der Waals surface area contributed by atoms with E-state index >= 15 is 0 Å². The van der Waals surface area contributed by atoms with Gasteiger partial charge in [0.05, 0.1) is 19.6 Å². The first-order chi connectivity index (χ1) is 9.26. The molecule has 4 heteroatoms. The highest BCUT2D eigenvalue weighted by molar-refractivity contribution is 5.37. The Labute approximate surface area is 115 Å². The van der Waals surface area contributed by atoms with E-state index in [0.29, 0.717) is 6.42 Å². The SMILES string of the molecule is COc1ccc([C@H](CC#N)N2CCNCC2)cc1C. The van der Waals surface area contributed by atoms with Gasteiger partial charge in [0.15, 0.2) is 0 Å². The average Bonchev–Trinajstić information content (AvgIpc) is 2.45. The summed E-state index contributed by atoms with van der Waals surface area (Å²) in [5, 5.41) is 12.4. The van der Waals surface area contributed by atoms with Crippen molar-refractivity contribution in [2.24, 2.45) is 0 Å². The Hall–Kier alpha value is -1.57. The highest BCUT2D eigenvalue weighted by atomic mass is 16.5. The van der Waals surface area contributed by atoms with Gasteiger partial charge < -0.3 is 10.1 Å². The number of hydrogen-bond donors (Lipinski definition) is 1. The molecule has 19 heavy (non-hydrogen) atoms. The van der Waals surface area contributed by atoms with E-state index in [-0.39, 0.29) is 6.04 Å². The van der Waals surface area contributed by atoms with Gasteiger partial charge in [0, 0.05) is 32.2 Å². The fraction of sp³-hybridized carbons (Fsp3) is 0.533. The van der Waals surface area contributed by atoms with Crippen LogP contribution in [0.4, 0.5) is 0 Å². The first-order valence-corrected chi connectivity index (χ1v) is 6.72. The first kappa shape index (κ1) is 13.9. The molecule has 1 aromatic rings. The number of piperazine rings is 1. The lowest BCUT2D eigenvalue weighted by atomic mass is 9.99. The highest BCUT2D eigenvalue weighted by Crippen LogP contribution is 2.28. The maximum Gasteiger partial charge on any atom is 0.121 e. The lowest BCUT2D eigenvalue weighted by molar-refractivity contribution is 0.175. The van der Waals surface area contributed by atoms with Crippen molar-refractivity contribution in [3.8, 4) is 11.8 Å². The molecule has 0 unspecified atom stereocenters. The number of aryl methyl sites for hydroxylation is 1.